The monoisotopic (exact) mass is 263 g/mol. The Hall–Kier alpha value is -1.29. The van der Waals surface area contributed by atoms with Gasteiger partial charge in [-0.15, -0.1) is 0 Å². The maximum atomic E-state index is 12.5. The van der Waals surface area contributed by atoms with Crippen molar-refractivity contribution in [3.05, 3.63) is 23.5 Å². The van der Waals surface area contributed by atoms with Gasteiger partial charge in [0.05, 0.1) is 12.0 Å². The third-order valence-electron chi connectivity index (χ3n) is 4.65. The molecule has 2 N–H and O–H groups in total. The van der Waals surface area contributed by atoms with Crippen molar-refractivity contribution < 1.29 is 4.79 Å². The largest absolute Gasteiger partial charge is 0.350 e. The summed E-state index contributed by atoms with van der Waals surface area (Å²) in [5.41, 5.74) is 2.13. The minimum absolute atomic E-state index is 0.186. The Labute approximate surface area is 115 Å². The number of carbonyl (C=O) groups is 1. The van der Waals surface area contributed by atoms with E-state index in [0.29, 0.717) is 12.5 Å². The number of rotatable bonds is 4. The molecule has 19 heavy (non-hydrogen) atoms. The number of nitrogens with zero attached hydrogens (tertiary/aromatic N) is 1. The summed E-state index contributed by atoms with van der Waals surface area (Å²) in [5.74, 6) is 0.545. The molecule has 0 saturated carbocycles. The van der Waals surface area contributed by atoms with Crippen molar-refractivity contribution in [1.29, 1.82) is 0 Å². The molecule has 1 atom stereocenters. The van der Waals surface area contributed by atoms with Crippen LogP contribution in [0.5, 0.6) is 0 Å². The lowest BCUT2D eigenvalue weighted by molar-refractivity contribution is -0.132. The van der Waals surface area contributed by atoms with E-state index in [1.54, 1.807) is 0 Å². The molecule has 1 unspecified atom stereocenters. The summed E-state index contributed by atoms with van der Waals surface area (Å²) in [6.07, 6.45) is 0.933. The molecule has 2 heterocycles. The summed E-state index contributed by atoms with van der Waals surface area (Å²) >= 11 is 0. The van der Waals surface area contributed by atoms with Crippen LogP contribution in [0.3, 0.4) is 0 Å². The first-order valence-electron chi connectivity index (χ1n) is 7.07. The molecular formula is C15H25N3O. The van der Waals surface area contributed by atoms with E-state index in [4.69, 9.17) is 0 Å². The Bertz CT molecular complexity index is 456. The van der Waals surface area contributed by atoms with Crippen LogP contribution in [0.25, 0.3) is 0 Å². The minimum Gasteiger partial charge on any atom is -0.350 e. The molecule has 0 bridgehead atoms. The lowest BCUT2D eigenvalue weighted by Crippen LogP contribution is -2.45. The molecule has 1 amide bonds. The molecule has 0 spiro atoms. The zero-order valence-electron chi connectivity index (χ0n) is 12.4. The van der Waals surface area contributed by atoms with Gasteiger partial charge in [0, 0.05) is 25.0 Å². The van der Waals surface area contributed by atoms with E-state index >= 15 is 0 Å². The number of carbonyl (C=O) groups excluding carboxylic acids is 1. The number of hydrogen-bond acceptors (Lipinski definition) is 2. The van der Waals surface area contributed by atoms with Crippen LogP contribution in [0.15, 0.2) is 12.1 Å². The summed E-state index contributed by atoms with van der Waals surface area (Å²) < 4.78 is 2.12. The van der Waals surface area contributed by atoms with Gasteiger partial charge in [0.2, 0.25) is 5.91 Å². The third-order valence-corrected chi connectivity index (χ3v) is 4.65. The van der Waals surface area contributed by atoms with E-state index in [9.17, 15) is 4.79 Å². The summed E-state index contributed by atoms with van der Waals surface area (Å²) in [4.78, 5) is 12.5. The lowest BCUT2D eigenvalue weighted by atomic mass is 9.75. The predicted octanol–water partition coefficient (Wildman–Crippen LogP) is 1.59. The van der Waals surface area contributed by atoms with Gasteiger partial charge in [0.1, 0.15) is 0 Å². The van der Waals surface area contributed by atoms with Gasteiger partial charge in [-0.05, 0) is 37.9 Å². The number of nitrogens with one attached hydrogen (secondary N) is 2. The number of aromatic nitrogens is 1. The van der Waals surface area contributed by atoms with E-state index in [1.165, 1.54) is 5.69 Å². The van der Waals surface area contributed by atoms with Crippen LogP contribution in [0, 0.1) is 18.3 Å². The van der Waals surface area contributed by atoms with Gasteiger partial charge in [-0.25, -0.2) is 0 Å². The predicted molar refractivity (Wildman–Crippen MR) is 76.8 cm³/mol. The standard InChI is InChI=1S/C15H25N3O/c1-11(2)15(7-8-16-10-15)14(19)17-9-13-6-5-12(3)18(13)4/h5-6,11,16H,7-10H2,1-4H3,(H,17,19). The second-order valence-corrected chi connectivity index (χ2v) is 5.95. The van der Waals surface area contributed by atoms with Crippen molar-refractivity contribution in [2.75, 3.05) is 13.1 Å². The Balaban J connectivity index is 2.03. The van der Waals surface area contributed by atoms with E-state index in [1.807, 2.05) is 7.05 Å². The van der Waals surface area contributed by atoms with Crippen molar-refractivity contribution in [3.63, 3.8) is 0 Å². The van der Waals surface area contributed by atoms with Crippen LogP contribution in [-0.4, -0.2) is 23.6 Å². The fourth-order valence-corrected chi connectivity index (χ4v) is 2.85. The minimum atomic E-state index is -0.236. The normalized spacial score (nSPS) is 23.0. The fraction of sp³-hybridized carbons (Fsp3) is 0.667. The van der Waals surface area contributed by atoms with Crippen molar-refractivity contribution >= 4 is 5.91 Å². The second kappa shape index (κ2) is 5.37. The molecule has 0 radical (unpaired) electrons. The van der Waals surface area contributed by atoms with Crippen LogP contribution in [0.4, 0.5) is 0 Å². The highest BCUT2D eigenvalue weighted by Gasteiger charge is 2.43. The maximum Gasteiger partial charge on any atom is 0.228 e. The van der Waals surface area contributed by atoms with Gasteiger partial charge in [-0.1, -0.05) is 13.8 Å². The van der Waals surface area contributed by atoms with E-state index in [2.05, 4.69) is 48.1 Å². The summed E-state index contributed by atoms with van der Waals surface area (Å²) in [7, 11) is 2.03. The van der Waals surface area contributed by atoms with Gasteiger partial charge >= 0.3 is 0 Å². The number of aryl methyl sites for hydroxylation is 1. The Morgan fingerprint density at radius 3 is 2.74 bits per heavy atom. The molecule has 0 aliphatic carbocycles. The Morgan fingerprint density at radius 2 is 2.26 bits per heavy atom. The van der Waals surface area contributed by atoms with Crippen LogP contribution in [-0.2, 0) is 18.4 Å². The smallest absolute Gasteiger partial charge is 0.228 e. The van der Waals surface area contributed by atoms with Gasteiger partial charge in [-0.3, -0.25) is 4.79 Å². The van der Waals surface area contributed by atoms with Gasteiger partial charge < -0.3 is 15.2 Å². The van der Waals surface area contributed by atoms with Gasteiger partial charge in [0.15, 0.2) is 0 Å². The third kappa shape index (κ3) is 2.54. The fourth-order valence-electron chi connectivity index (χ4n) is 2.85. The van der Waals surface area contributed by atoms with Gasteiger partial charge in [-0.2, -0.15) is 0 Å². The maximum absolute atomic E-state index is 12.5. The molecule has 106 valence electrons. The van der Waals surface area contributed by atoms with Gasteiger partial charge in [0.25, 0.3) is 0 Å². The number of amides is 1. The molecule has 1 aromatic rings. The molecule has 1 aliphatic heterocycles. The van der Waals surface area contributed by atoms with Crippen LogP contribution >= 0.6 is 0 Å². The molecule has 2 rings (SSSR count). The molecule has 4 heteroatoms. The average Bonchev–Trinajstić information content (AvgIpc) is 2.97. The van der Waals surface area contributed by atoms with Crippen molar-refractivity contribution in [3.8, 4) is 0 Å². The van der Waals surface area contributed by atoms with E-state index in [0.717, 1.165) is 25.2 Å². The second-order valence-electron chi connectivity index (χ2n) is 5.95. The Kier molecular flexibility index (Phi) is 3.99. The van der Waals surface area contributed by atoms with E-state index < -0.39 is 0 Å². The molecule has 4 nitrogen and oxygen atoms in total. The Morgan fingerprint density at radius 1 is 1.53 bits per heavy atom. The highest BCUT2D eigenvalue weighted by molar-refractivity contribution is 5.83. The molecule has 1 aliphatic rings. The topological polar surface area (TPSA) is 46.1 Å². The first kappa shape index (κ1) is 14.1. The first-order chi connectivity index (χ1) is 8.97. The zero-order chi connectivity index (χ0) is 14.0. The summed E-state index contributed by atoms with van der Waals surface area (Å²) in [6, 6.07) is 4.15. The quantitative estimate of drug-likeness (QED) is 0.866. The van der Waals surface area contributed by atoms with E-state index in [-0.39, 0.29) is 11.3 Å². The molecule has 1 aromatic heterocycles. The molecular weight excluding hydrogens is 238 g/mol. The van der Waals surface area contributed by atoms with Crippen molar-refractivity contribution in [2.45, 2.75) is 33.7 Å². The van der Waals surface area contributed by atoms with Crippen LogP contribution in [0.2, 0.25) is 0 Å². The van der Waals surface area contributed by atoms with Crippen LogP contribution in [0.1, 0.15) is 31.7 Å². The average molecular weight is 263 g/mol. The number of hydrogen-bond donors (Lipinski definition) is 2. The molecule has 1 fully saturated rings. The lowest BCUT2D eigenvalue weighted by Gasteiger charge is -2.31. The highest BCUT2D eigenvalue weighted by atomic mass is 16.2. The summed E-state index contributed by atoms with van der Waals surface area (Å²) in [6.45, 7) is 8.69. The molecule has 1 saturated heterocycles. The van der Waals surface area contributed by atoms with Crippen molar-refractivity contribution in [2.24, 2.45) is 18.4 Å². The zero-order valence-corrected chi connectivity index (χ0v) is 12.4. The highest BCUT2D eigenvalue weighted by Crippen LogP contribution is 2.34. The van der Waals surface area contributed by atoms with Crippen LogP contribution < -0.4 is 10.6 Å². The first-order valence-corrected chi connectivity index (χ1v) is 7.07. The molecule has 0 aromatic carbocycles. The SMILES string of the molecule is Cc1ccc(CNC(=O)C2(C(C)C)CCNC2)n1C. The van der Waals surface area contributed by atoms with Crippen molar-refractivity contribution in [1.82, 2.24) is 15.2 Å². The summed E-state index contributed by atoms with van der Waals surface area (Å²) in [5, 5.41) is 6.44.